The van der Waals surface area contributed by atoms with Crippen LogP contribution in [0.4, 0.5) is 34.1 Å². The molecular formula is C29H29F4N7O2S. The first-order chi connectivity index (χ1) is 20.3. The van der Waals surface area contributed by atoms with Gasteiger partial charge in [-0.2, -0.15) is 18.4 Å². The molecule has 1 saturated heterocycles. The molecule has 2 atom stereocenters. The summed E-state index contributed by atoms with van der Waals surface area (Å²) < 4.78 is 57.2. The summed E-state index contributed by atoms with van der Waals surface area (Å²) in [5.41, 5.74) is -1.84. The van der Waals surface area contributed by atoms with Gasteiger partial charge in [0.2, 0.25) is 5.56 Å². The molecule has 1 aromatic carbocycles. The fourth-order valence-electron chi connectivity index (χ4n) is 5.42. The van der Waals surface area contributed by atoms with Gasteiger partial charge >= 0.3 is 6.18 Å². The maximum Gasteiger partial charge on any atom is 0.417 e. The quantitative estimate of drug-likeness (QED) is 0.392. The number of H-pyrrole nitrogens is 1. The van der Waals surface area contributed by atoms with Crippen molar-refractivity contribution >= 4 is 39.3 Å². The number of anilines is 3. The number of halogens is 4. The second-order valence-electron chi connectivity index (χ2n) is 10.8. The molecule has 14 heteroatoms. The average Bonchev–Trinajstić information content (AvgIpc) is 3.45. The second kappa shape index (κ2) is 11.8. The summed E-state index contributed by atoms with van der Waals surface area (Å²) in [7, 11) is 1.98. The minimum atomic E-state index is -4.95. The number of hydrogen-bond acceptors (Lipinski definition) is 8. The molecule has 3 aromatic rings. The molecule has 4 heterocycles. The van der Waals surface area contributed by atoms with E-state index < -0.39 is 34.6 Å². The normalized spacial score (nSPS) is 19.6. The molecule has 2 N–H and O–H groups in total. The number of piperazine rings is 1. The standard InChI is InChI=1S/C29H29F4N7O2S/c1-16-13-40(14-17(2)38(16)3)25-9-23(30)20(18-5-4-6-39(15-18)28-36-11-19(10-34)43-28)7-24(25)37-27(42)21-12-35-26(41)8-22(21)29(31,32)33/h5,7-9,11-12,16-17H,4,6,13-15H2,1-3H3,(H,35,41)(H,37,42)/t16-,17+. The number of pyridine rings is 1. The van der Waals surface area contributed by atoms with Crippen LogP contribution in [0.1, 0.15) is 46.6 Å². The zero-order valence-corrected chi connectivity index (χ0v) is 24.4. The Bertz CT molecular complexity index is 1660. The smallest absolute Gasteiger partial charge is 0.367 e. The molecule has 0 saturated carbocycles. The van der Waals surface area contributed by atoms with Crippen LogP contribution in [0.15, 0.2) is 41.5 Å². The molecule has 43 heavy (non-hydrogen) atoms. The van der Waals surface area contributed by atoms with Crippen LogP contribution in [0, 0.1) is 17.1 Å². The third-order valence-corrected chi connectivity index (χ3v) is 8.84. The SMILES string of the molecule is C[C@@H]1CN(c2cc(F)c(C3=CCCN(c4ncc(C#N)s4)C3)cc2NC(=O)c2c[nH]c(=O)cc2C(F)(F)F)C[C@H](C)N1C. The predicted octanol–water partition coefficient (Wildman–Crippen LogP) is 4.94. The first kappa shape index (κ1) is 30.2. The lowest BCUT2D eigenvalue weighted by atomic mass is 9.98. The number of nitriles is 1. The van der Waals surface area contributed by atoms with Gasteiger partial charge in [0.1, 0.15) is 16.8 Å². The third kappa shape index (κ3) is 6.28. The van der Waals surface area contributed by atoms with Crippen molar-refractivity contribution in [3.8, 4) is 6.07 Å². The number of likely N-dealkylation sites (N-methyl/N-ethyl adjacent to an activating group) is 1. The van der Waals surface area contributed by atoms with Gasteiger partial charge in [-0.25, -0.2) is 9.37 Å². The summed E-state index contributed by atoms with van der Waals surface area (Å²) in [6.45, 7) is 5.91. The summed E-state index contributed by atoms with van der Waals surface area (Å²) in [4.78, 5) is 37.9. The highest BCUT2D eigenvalue weighted by atomic mass is 32.1. The highest BCUT2D eigenvalue weighted by Crippen LogP contribution is 2.37. The first-order valence-corrected chi connectivity index (χ1v) is 14.4. The average molecular weight is 616 g/mol. The van der Waals surface area contributed by atoms with E-state index in [0.717, 1.165) is 6.20 Å². The number of carbonyl (C=O) groups is 1. The van der Waals surface area contributed by atoms with E-state index in [1.165, 1.54) is 29.7 Å². The van der Waals surface area contributed by atoms with Crippen molar-refractivity contribution in [3.63, 3.8) is 0 Å². The largest absolute Gasteiger partial charge is 0.417 e. The van der Waals surface area contributed by atoms with Crippen LogP contribution in [0.5, 0.6) is 0 Å². The Kier molecular flexibility index (Phi) is 8.31. The third-order valence-electron chi connectivity index (χ3n) is 7.88. The fourth-order valence-corrected chi connectivity index (χ4v) is 6.16. The summed E-state index contributed by atoms with van der Waals surface area (Å²) >= 11 is 1.22. The van der Waals surface area contributed by atoms with Crippen molar-refractivity contribution in [1.29, 1.82) is 5.26 Å². The minimum Gasteiger partial charge on any atom is -0.367 e. The molecule has 1 fully saturated rings. The number of alkyl halides is 3. The van der Waals surface area contributed by atoms with E-state index in [1.807, 2.05) is 36.8 Å². The maximum atomic E-state index is 15.9. The van der Waals surface area contributed by atoms with Crippen LogP contribution in [0.3, 0.4) is 0 Å². The molecular weight excluding hydrogens is 586 g/mol. The number of hydrogen-bond donors (Lipinski definition) is 2. The van der Waals surface area contributed by atoms with Crippen molar-refractivity contribution in [2.75, 3.05) is 48.3 Å². The summed E-state index contributed by atoms with van der Waals surface area (Å²) in [5.74, 6) is -1.64. The van der Waals surface area contributed by atoms with E-state index in [-0.39, 0.29) is 29.9 Å². The zero-order chi connectivity index (χ0) is 31.1. The molecule has 0 unspecified atom stereocenters. The summed E-state index contributed by atoms with van der Waals surface area (Å²) in [6.07, 6.45) is -0.291. The summed E-state index contributed by atoms with van der Waals surface area (Å²) in [5, 5.41) is 12.4. The van der Waals surface area contributed by atoms with E-state index in [4.69, 9.17) is 0 Å². The Morgan fingerprint density at radius 1 is 1.19 bits per heavy atom. The molecule has 0 spiro atoms. The number of aromatic nitrogens is 2. The number of rotatable bonds is 5. The molecule has 5 rings (SSSR count). The van der Waals surface area contributed by atoms with Crippen LogP contribution in [0.2, 0.25) is 0 Å². The number of amides is 1. The highest BCUT2D eigenvalue weighted by molar-refractivity contribution is 7.16. The monoisotopic (exact) mass is 615 g/mol. The zero-order valence-electron chi connectivity index (χ0n) is 23.6. The molecule has 2 aromatic heterocycles. The number of benzene rings is 1. The van der Waals surface area contributed by atoms with Gasteiger partial charge < -0.3 is 20.1 Å². The summed E-state index contributed by atoms with van der Waals surface area (Å²) in [6, 6.07) is 5.32. The van der Waals surface area contributed by atoms with Crippen molar-refractivity contribution in [2.45, 2.75) is 38.5 Å². The lowest BCUT2D eigenvalue weighted by Crippen LogP contribution is -2.55. The topological polar surface area (TPSA) is 108 Å². The van der Waals surface area contributed by atoms with Crippen molar-refractivity contribution in [1.82, 2.24) is 14.9 Å². The first-order valence-electron chi connectivity index (χ1n) is 13.6. The molecule has 0 aliphatic carbocycles. The van der Waals surface area contributed by atoms with Crippen molar-refractivity contribution < 1.29 is 22.4 Å². The van der Waals surface area contributed by atoms with Gasteiger partial charge in [0, 0.05) is 56.1 Å². The van der Waals surface area contributed by atoms with Crippen LogP contribution < -0.4 is 20.7 Å². The van der Waals surface area contributed by atoms with Gasteiger partial charge in [0.05, 0.1) is 28.7 Å². The van der Waals surface area contributed by atoms with Gasteiger partial charge in [-0.3, -0.25) is 14.5 Å². The molecule has 226 valence electrons. The van der Waals surface area contributed by atoms with Crippen LogP contribution in [-0.4, -0.2) is 66.1 Å². The van der Waals surface area contributed by atoms with Gasteiger partial charge in [0.15, 0.2) is 5.13 Å². The Morgan fingerprint density at radius 3 is 2.56 bits per heavy atom. The van der Waals surface area contributed by atoms with E-state index in [9.17, 15) is 28.0 Å². The fraction of sp³-hybridized carbons (Fsp3) is 0.379. The number of carbonyl (C=O) groups excluding carboxylic acids is 1. The Morgan fingerprint density at radius 2 is 1.91 bits per heavy atom. The highest BCUT2D eigenvalue weighted by Gasteiger charge is 2.36. The molecule has 9 nitrogen and oxygen atoms in total. The molecule has 0 bridgehead atoms. The van der Waals surface area contributed by atoms with Gasteiger partial charge in [-0.15, -0.1) is 0 Å². The number of aromatic amines is 1. The van der Waals surface area contributed by atoms with Crippen LogP contribution in [-0.2, 0) is 6.18 Å². The molecule has 1 amide bonds. The number of nitrogens with zero attached hydrogens (tertiary/aromatic N) is 5. The Balaban J connectivity index is 1.55. The lowest BCUT2D eigenvalue weighted by Gasteiger charge is -2.44. The van der Waals surface area contributed by atoms with E-state index in [2.05, 4.69) is 26.3 Å². The van der Waals surface area contributed by atoms with Gasteiger partial charge in [-0.1, -0.05) is 17.4 Å². The van der Waals surface area contributed by atoms with E-state index >= 15 is 4.39 Å². The molecule has 2 aliphatic heterocycles. The Labute approximate surface area is 249 Å². The predicted molar refractivity (Wildman–Crippen MR) is 157 cm³/mol. The molecule has 2 aliphatic rings. The minimum absolute atomic E-state index is 0.0808. The van der Waals surface area contributed by atoms with Crippen molar-refractivity contribution in [2.24, 2.45) is 0 Å². The molecule has 0 radical (unpaired) electrons. The second-order valence-corrected chi connectivity index (χ2v) is 11.8. The maximum absolute atomic E-state index is 15.9. The lowest BCUT2D eigenvalue weighted by molar-refractivity contribution is -0.138. The van der Waals surface area contributed by atoms with Crippen LogP contribution >= 0.6 is 11.3 Å². The van der Waals surface area contributed by atoms with E-state index in [1.54, 1.807) is 0 Å². The van der Waals surface area contributed by atoms with Gasteiger partial charge in [0.25, 0.3) is 5.91 Å². The number of nitrogens with one attached hydrogen (secondary N) is 2. The van der Waals surface area contributed by atoms with Crippen molar-refractivity contribution in [3.05, 3.63) is 74.4 Å². The Hall–Kier alpha value is -4.22. The van der Waals surface area contributed by atoms with Gasteiger partial charge in [-0.05, 0) is 45.0 Å². The van der Waals surface area contributed by atoms with E-state index in [0.29, 0.717) is 53.4 Å². The number of thiazole rings is 1. The van der Waals surface area contributed by atoms with Crippen LogP contribution in [0.25, 0.3) is 5.57 Å².